The molecule has 0 bridgehead atoms. The summed E-state index contributed by atoms with van der Waals surface area (Å²) < 4.78 is 0. The SMILES string of the molecule is O=C(CCC(O)O)NCC(=O)NN1CCCCC1. The predicted molar refractivity (Wildman–Crippen MR) is 64.0 cm³/mol. The van der Waals surface area contributed by atoms with E-state index in [2.05, 4.69) is 10.7 Å². The summed E-state index contributed by atoms with van der Waals surface area (Å²) in [5.74, 6) is -0.619. The van der Waals surface area contributed by atoms with Gasteiger partial charge in [0.2, 0.25) is 5.91 Å². The van der Waals surface area contributed by atoms with Crippen LogP contribution in [0.2, 0.25) is 0 Å². The average molecular weight is 259 g/mol. The van der Waals surface area contributed by atoms with E-state index in [1.165, 1.54) is 6.42 Å². The van der Waals surface area contributed by atoms with Crippen molar-refractivity contribution in [2.75, 3.05) is 19.6 Å². The summed E-state index contributed by atoms with van der Waals surface area (Å²) in [5, 5.41) is 21.5. The monoisotopic (exact) mass is 259 g/mol. The van der Waals surface area contributed by atoms with Gasteiger partial charge in [-0.2, -0.15) is 0 Å². The second-order valence-corrected chi connectivity index (χ2v) is 4.38. The van der Waals surface area contributed by atoms with Crippen molar-refractivity contribution in [1.29, 1.82) is 0 Å². The molecular weight excluding hydrogens is 238 g/mol. The van der Waals surface area contributed by atoms with Gasteiger partial charge < -0.3 is 15.5 Å². The van der Waals surface area contributed by atoms with Crippen molar-refractivity contribution < 1.29 is 19.8 Å². The first kappa shape index (κ1) is 14.9. The maximum Gasteiger partial charge on any atom is 0.253 e. The average Bonchev–Trinajstić information content (AvgIpc) is 2.35. The Morgan fingerprint density at radius 3 is 2.39 bits per heavy atom. The van der Waals surface area contributed by atoms with Crippen molar-refractivity contribution >= 4 is 11.8 Å². The van der Waals surface area contributed by atoms with E-state index >= 15 is 0 Å². The predicted octanol–water partition coefficient (Wildman–Crippen LogP) is -1.29. The minimum absolute atomic E-state index is 0.00530. The van der Waals surface area contributed by atoms with Crippen molar-refractivity contribution in [3.63, 3.8) is 0 Å². The van der Waals surface area contributed by atoms with E-state index in [4.69, 9.17) is 10.2 Å². The van der Waals surface area contributed by atoms with Crippen molar-refractivity contribution in [2.24, 2.45) is 0 Å². The van der Waals surface area contributed by atoms with Gasteiger partial charge in [0.25, 0.3) is 5.91 Å². The molecule has 1 rings (SSSR count). The molecule has 0 aromatic carbocycles. The van der Waals surface area contributed by atoms with Crippen molar-refractivity contribution in [3.8, 4) is 0 Å². The van der Waals surface area contributed by atoms with Crippen molar-refractivity contribution in [1.82, 2.24) is 15.8 Å². The quantitative estimate of drug-likeness (QED) is 0.445. The number of amides is 2. The third kappa shape index (κ3) is 6.53. The van der Waals surface area contributed by atoms with Crippen LogP contribution in [0.1, 0.15) is 32.1 Å². The van der Waals surface area contributed by atoms with Crippen molar-refractivity contribution in [2.45, 2.75) is 38.4 Å². The molecule has 0 unspecified atom stereocenters. The van der Waals surface area contributed by atoms with E-state index in [-0.39, 0.29) is 31.2 Å². The molecule has 18 heavy (non-hydrogen) atoms. The highest BCUT2D eigenvalue weighted by molar-refractivity contribution is 5.84. The Bertz CT molecular complexity index is 277. The van der Waals surface area contributed by atoms with E-state index in [9.17, 15) is 9.59 Å². The molecule has 1 heterocycles. The number of rotatable bonds is 6. The number of carbonyl (C=O) groups excluding carboxylic acids is 2. The first-order valence-electron chi connectivity index (χ1n) is 6.25. The lowest BCUT2D eigenvalue weighted by atomic mass is 10.2. The fourth-order valence-corrected chi connectivity index (χ4v) is 1.75. The summed E-state index contributed by atoms with van der Waals surface area (Å²) in [5.41, 5.74) is 2.72. The van der Waals surface area contributed by atoms with E-state index in [0.29, 0.717) is 0 Å². The number of nitrogens with zero attached hydrogens (tertiary/aromatic N) is 1. The van der Waals surface area contributed by atoms with Crippen LogP contribution < -0.4 is 10.7 Å². The zero-order chi connectivity index (χ0) is 13.4. The molecule has 0 spiro atoms. The minimum Gasteiger partial charge on any atom is -0.368 e. The van der Waals surface area contributed by atoms with Crippen LogP contribution in [0, 0.1) is 0 Å². The van der Waals surface area contributed by atoms with Crippen LogP contribution in [0.3, 0.4) is 0 Å². The summed E-state index contributed by atoms with van der Waals surface area (Å²) in [6.45, 7) is 1.60. The van der Waals surface area contributed by atoms with Gasteiger partial charge in [0, 0.05) is 25.9 Å². The summed E-state index contributed by atoms with van der Waals surface area (Å²) in [6, 6.07) is 0. The number of hydrogen-bond acceptors (Lipinski definition) is 5. The van der Waals surface area contributed by atoms with Crippen LogP contribution in [0.5, 0.6) is 0 Å². The smallest absolute Gasteiger partial charge is 0.253 e. The lowest BCUT2D eigenvalue weighted by molar-refractivity contribution is -0.130. The molecule has 1 aliphatic heterocycles. The van der Waals surface area contributed by atoms with Crippen LogP contribution in [0.25, 0.3) is 0 Å². The minimum atomic E-state index is -1.49. The number of nitrogens with one attached hydrogen (secondary N) is 2. The highest BCUT2D eigenvalue weighted by atomic mass is 16.5. The Balaban J connectivity index is 2.10. The maximum atomic E-state index is 11.5. The molecule has 4 N–H and O–H groups in total. The number of aliphatic hydroxyl groups excluding tert-OH is 1. The van der Waals surface area contributed by atoms with Crippen LogP contribution >= 0.6 is 0 Å². The lowest BCUT2D eigenvalue weighted by Gasteiger charge is -2.26. The van der Waals surface area contributed by atoms with Gasteiger partial charge in [-0.25, -0.2) is 5.01 Å². The van der Waals surface area contributed by atoms with Gasteiger partial charge >= 0.3 is 0 Å². The second kappa shape index (κ2) is 8.02. The molecule has 1 aliphatic rings. The third-order valence-electron chi connectivity index (χ3n) is 2.71. The summed E-state index contributed by atoms with van der Waals surface area (Å²) >= 11 is 0. The summed E-state index contributed by atoms with van der Waals surface area (Å²) in [7, 11) is 0. The normalized spacial score (nSPS) is 16.6. The van der Waals surface area contributed by atoms with Crippen LogP contribution in [-0.2, 0) is 9.59 Å². The molecule has 0 saturated carbocycles. The van der Waals surface area contributed by atoms with Gasteiger partial charge in [-0.1, -0.05) is 6.42 Å². The Kier molecular flexibility index (Phi) is 6.63. The van der Waals surface area contributed by atoms with Gasteiger partial charge in [0.05, 0.1) is 6.54 Å². The van der Waals surface area contributed by atoms with E-state index < -0.39 is 6.29 Å². The van der Waals surface area contributed by atoms with E-state index in [0.717, 1.165) is 25.9 Å². The number of aliphatic hydroxyl groups is 2. The molecule has 1 fully saturated rings. The van der Waals surface area contributed by atoms with Gasteiger partial charge in [0.15, 0.2) is 6.29 Å². The fraction of sp³-hybridized carbons (Fsp3) is 0.818. The van der Waals surface area contributed by atoms with Gasteiger partial charge in [-0.05, 0) is 12.8 Å². The maximum absolute atomic E-state index is 11.5. The summed E-state index contributed by atoms with van der Waals surface area (Å²) in [6.07, 6.45) is 1.81. The van der Waals surface area contributed by atoms with Crippen LogP contribution in [0.4, 0.5) is 0 Å². The molecule has 0 aliphatic carbocycles. The van der Waals surface area contributed by atoms with Gasteiger partial charge in [-0.15, -0.1) is 0 Å². The van der Waals surface area contributed by atoms with Crippen LogP contribution in [0.15, 0.2) is 0 Å². The molecule has 0 radical (unpaired) electrons. The molecule has 1 saturated heterocycles. The topological polar surface area (TPSA) is 102 Å². The number of hydrogen-bond donors (Lipinski definition) is 4. The molecule has 0 aromatic heterocycles. The van der Waals surface area contributed by atoms with E-state index in [1.807, 2.05) is 5.01 Å². The van der Waals surface area contributed by atoms with Crippen molar-refractivity contribution in [3.05, 3.63) is 0 Å². The van der Waals surface area contributed by atoms with Crippen LogP contribution in [-0.4, -0.2) is 53.0 Å². The molecule has 7 nitrogen and oxygen atoms in total. The molecule has 2 amide bonds. The fourth-order valence-electron chi connectivity index (χ4n) is 1.75. The number of carbonyl (C=O) groups is 2. The van der Waals surface area contributed by atoms with Gasteiger partial charge in [0.1, 0.15) is 0 Å². The zero-order valence-corrected chi connectivity index (χ0v) is 10.4. The standard InChI is InChI=1S/C11H21N3O4/c15-9(4-5-11(17)18)12-8-10(16)13-14-6-2-1-3-7-14/h11,17-18H,1-8H2,(H,12,15)(H,13,16). The van der Waals surface area contributed by atoms with E-state index in [1.54, 1.807) is 0 Å². The molecular formula is C11H21N3O4. The first-order chi connectivity index (χ1) is 8.58. The Morgan fingerprint density at radius 2 is 1.78 bits per heavy atom. The molecule has 7 heteroatoms. The Hall–Kier alpha value is -1.18. The number of piperidine rings is 1. The zero-order valence-electron chi connectivity index (χ0n) is 10.4. The molecule has 0 atom stereocenters. The van der Waals surface area contributed by atoms with Gasteiger partial charge in [-0.3, -0.25) is 15.0 Å². The summed E-state index contributed by atoms with van der Waals surface area (Å²) in [4.78, 5) is 22.7. The Labute approximate surface area is 106 Å². The second-order valence-electron chi connectivity index (χ2n) is 4.38. The number of hydrazine groups is 1. The highest BCUT2D eigenvalue weighted by Gasteiger charge is 2.13. The largest absolute Gasteiger partial charge is 0.368 e. The molecule has 0 aromatic rings. The first-order valence-corrected chi connectivity index (χ1v) is 6.25. The molecule has 104 valence electrons. The third-order valence-corrected chi connectivity index (χ3v) is 2.71. The Morgan fingerprint density at radius 1 is 1.11 bits per heavy atom. The highest BCUT2D eigenvalue weighted by Crippen LogP contribution is 2.05. The lowest BCUT2D eigenvalue weighted by Crippen LogP contribution is -2.48.